The van der Waals surface area contributed by atoms with Gasteiger partial charge >= 0.3 is 0 Å². The number of hydrogen-bond donors (Lipinski definition) is 0. The van der Waals surface area contributed by atoms with E-state index >= 15 is 0 Å². The van der Waals surface area contributed by atoms with E-state index in [1.54, 1.807) is 6.20 Å². The van der Waals surface area contributed by atoms with Crippen molar-refractivity contribution in [1.82, 2.24) is 4.98 Å². The zero-order valence-electron chi connectivity index (χ0n) is 8.37. The Hall–Kier alpha value is -0.450. The molecule has 4 heteroatoms. The lowest BCUT2D eigenvalue weighted by molar-refractivity contribution is -0.140. The molecule has 14 heavy (non-hydrogen) atoms. The summed E-state index contributed by atoms with van der Waals surface area (Å²) in [4.78, 5) is 4.12. The van der Waals surface area contributed by atoms with Gasteiger partial charge in [-0.3, -0.25) is 0 Å². The van der Waals surface area contributed by atoms with Crippen molar-refractivity contribution >= 4 is 15.9 Å². The van der Waals surface area contributed by atoms with Gasteiger partial charge in [0.2, 0.25) is 0 Å². The fourth-order valence-electron chi connectivity index (χ4n) is 1.07. The van der Waals surface area contributed by atoms with Crippen LogP contribution in [0.25, 0.3) is 0 Å². The number of aromatic nitrogens is 1. The Morgan fingerprint density at radius 3 is 2.36 bits per heavy atom. The van der Waals surface area contributed by atoms with E-state index in [9.17, 15) is 0 Å². The zero-order chi connectivity index (χ0) is 10.4. The van der Waals surface area contributed by atoms with E-state index in [2.05, 4.69) is 20.9 Å². The summed E-state index contributed by atoms with van der Waals surface area (Å²) >= 11 is 3.28. The molecule has 78 valence electrons. The molecule has 0 amide bonds. The first kappa shape index (κ1) is 11.6. The van der Waals surface area contributed by atoms with Gasteiger partial charge < -0.3 is 9.47 Å². The molecule has 1 aromatic rings. The Morgan fingerprint density at radius 2 is 1.93 bits per heavy atom. The molecule has 0 N–H and O–H groups in total. The van der Waals surface area contributed by atoms with Crippen LogP contribution in [0, 0.1) is 0 Å². The highest BCUT2D eigenvalue weighted by Gasteiger charge is 2.10. The standard InChI is InChI=1S/C10H14BrNO2/c1-3-13-10(14-4-2)8-5-6-9(11)12-7-8/h5-7,10H,3-4H2,1-2H3. The molecule has 0 atom stereocenters. The van der Waals surface area contributed by atoms with Crippen molar-refractivity contribution in [3.05, 3.63) is 28.5 Å². The largest absolute Gasteiger partial charge is 0.349 e. The van der Waals surface area contributed by atoms with Crippen molar-refractivity contribution in [1.29, 1.82) is 0 Å². The van der Waals surface area contributed by atoms with Gasteiger partial charge in [0.25, 0.3) is 0 Å². The van der Waals surface area contributed by atoms with Gasteiger partial charge in [-0.05, 0) is 41.9 Å². The van der Waals surface area contributed by atoms with Crippen molar-refractivity contribution in [3.63, 3.8) is 0 Å². The summed E-state index contributed by atoms with van der Waals surface area (Å²) in [5.41, 5.74) is 0.942. The van der Waals surface area contributed by atoms with Crippen LogP contribution in [0.5, 0.6) is 0 Å². The van der Waals surface area contributed by atoms with Gasteiger partial charge in [0.15, 0.2) is 6.29 Å². The van der Waals surface area contributed by atoms with Crippen LogP contribution in [0.3, 0.4) is 0 Å². The summed E-state index contributed by atoms with van der Waals surface area (Å²) in [6.45, 7) is 5.14. The van der Waals surface area contributed by atoms with Gasteiger partial charge in [0.1, 0.15) is 4.60 Å². The third-order valence-electron chi connectivity index (χ3n) is 1.66. The second-order valence-electron chi connectivity index (χ2n) is 2.66. The molecule has 3 nitrogen and oxygen atoms in total. The van der Waals surface area contributed by atoms with Gasteiger partial charge in [-0.15, -0.1) is 0 Å². The smallest absolute Gasteiger partial charge is 0.185 e. The Balaban J connectivity index is 2.71. The zero-order valence-corrected chi connectivity index (χ0v) is 9.95. The summed E-state index contributed by atoms with van der Waals surface area (Å²) in [6.07, 6.45) is 1.45. The van der Waals surface area contributed by atoms with E-state index in [1.807, 2.05) is 26.0 Å². The van der Waals surface area contributed by atoms with Crippen LogP contribution < -0.4 is 0 Å². The summed E-state index contributed by atoms with van der Waals surface area (Å²) in [6, 6.07) is 3.81. The molecule has 0 bridgehead atoms. The van der Waals surface area contributed by atoms with E-state index in [1.165, 1.54) is 0 Å². The first-order valence-corrected chi connectivity index (χ1v) is 5.41. The Bertz CT molecular complexity index is 257. The predicted octanol–water partition coefficient (Wildman–Crippen LogP) is 2.92. The lowest BCUT2D eigenvalue weighted by atomic mass is 10.3. The molecule has 0 spiro atoms. The van der Waals surface area contributed by atoms with Crippen molar-refractivity contribution in [3.8, 4) is 0 Å². The molecule has 0 saturated heterocycles. The van der Waals surface area contributed by atoms with E-state index in [-0.39, 0.29) is 6.29 Å². The topological polar surface area (TPSA) is 31.4 Å². The molecule has 1 heterocycles. The highest BCUT2D eigenvalue weighted by molar-refractivity contribution is 9.10. The molecule has 0 aliphatic rings. The molecule has 0 unspecified atom stereocenters. The SMILES string of the molecule is CCOC(OCC)c1ccc(Br)nc1. The molecular weight excluding hydrogens is 246 g/mol. The number of hydrogen-bond acceptors (Lipinski definition) is 3. The average Bonchev–Trinajstić information content (AvgIpc) is 2.19. The fourth-order valence-corrected chi connectivity index (χ4v) is 1.30. The van der Waals surface area contributed by atoms with E-state index < -0.39 is 0 Å². The number of pyridine rings is 1. The first-order chi connectivity index (χ1) is 6.77. The highest BCUT2D eigenvalue weighted by Crippen LogP contribution is 2.19. The van der Waals surface area contributed by atoms with Gasteiger partial charge in [-0.1, -0.05) is 0 Å². The Morgan fingerprint density at radius 1 is 1.29 bits per heavy atom. The van der Waals surface area contributed by atoms with E-state index in [0.717, 1.165) is 10.2 Å². The summed E-state index contributed by atoms with van der Waals surface area (Å²) in [7, 11) is 0. The lowest BCUT2D eigenvalue weighted by Gasteiger charge is -2.16. The maximum atomic E-state index is 5.43. The number of ether oxygens (including phenoxy) is 2. The molecule has 0 saturated carbocycles. The minimum Gasteiger partial charge on any atom is -0.349 e. The van der Waals surface area contributed by atoms with Crippen LogP contribution >= 0.6 is 15.9 Å². The van der Waals surface area contributed by atoms with Crippen LogP contribution in [0.1, 0.15) is 25.7 Å². The number of halogens is 1. The van der Waals surface area contributed by atoms with Crippen molar-refractivity contribution in [2.45, 2.75) is 20.1 Å². The lowest BCUT2D eigenvalue weighted by Crippen LogP contribution is -2.08. The molecule has 0 aromatic carbocycles. The van der Waals surface area contributed by atoms with Crippen LogP contribution in [-0.2, 0) is 9.47 Å². The van der Waals surface area contributed by atoms with Crippen molar-refractivity contribution < 1.29 is 9.47 Å². The minimum atomic E-state index is -0.300. The van der Waals surface area contributed by atoms with Crippen molar-refractivity contribution in [2.75, 3.05) is 13.2 Å². The molecule has 1 rings (SSSR count). The van der Waals surface area contributed by atoms with E-state index in [0.29, 0.717) is 13.2 Å². The Kier molecular flexibility index (Phi) is 5.07. The molecule has 0 aliphatic carbocycles. The Labute approximate surface area is 92.6 Å². The normalized spacial score (nSPS) is 10.9. The van der Waals surface area contributed by atoms with Crippen molar-refractivity contribution in [2.24, 2.45) is 0 Å². The average molecular weight is 260 g/mol. The van der Waals surface area contributed by atoms with Gasteiger partial charge in [0, 0.05) is 25.0 Å². The van der Waals surface area contributed by atoms with E-state index in [4.69, 9.17) is 9.47 Å². The number of nitrogens with zero attached hydrogens (tertiary/aromatic N) is 1. The monoisotopic (exact) mass is 259 g/mol. The van der Waals surface area contributed by atoms with Crippen LogP contribution in [0.2, 0.25) is 0 Å². The third kappa shape index (κ3) is 3.36. The van der Waals surface area contributed by atoms with Gasteiger partial charge in [-0.25, -0.2) is 4.98 Å². The second kappa shape index (κ2) is 6.11. The molecule has 0 radical (unpaired) electrons. The molecular formula is C10H14BrNO2. The quantitative estimate of drug-likeness (QED) is 0.602. The second-order valence-corrected chi connectivity index (χ2v) is 3.47. The summed E-state index contributed by atoms with van der Waals surface area (Å²) in [5, 5.41) is 0. The van der Waals surface area contributed by atoms with Gasteiger partial charge in [0.05, 0.1) is 0 Å². The summed E-state index contributed by atoms with van der Waals surface area (Å²) < 4.78 is 11.7. The fraction of sp³-hybridized carbons (Fsp3) is 0.500. The highest BCUT2D eigenvalue weighted by atomic mass is 79.9. The first-order valence-electron chi connectivity index (χ1n) is 4.62. The summed E-state index contributed by atoms with van der Waals surface area (Å²) in [5.74, 6) is 0. The third-order valence-corrected chi connectivity index (χ3v) is 2.13. The predicted molar refractivity (Wildman–Crippen MR) is 57.9 cm³/mol. The molecule has 1 aromatic heterocycles. The van der Waals surface area contributed by atoms with Crippen LogP contribution in [0.4, 0.5) is 0 Å². The molecule has 0 fully saturated rings. The number of rotatable bonds is 5. The van der Waals surface area contributed by atoms with Gasteiger partial charge in [-0.2, -0.15) is 0 Å². The maximum absolute atomic E-state index is 5.43. The van der Waals surface area contributed by atoms with Crippen LogP contribution in [0.15, 0.2) is 22.9 Å². The molecule has 0 aliphatic heterocycles. The minimum absolute atomic E-state index is 0.300. The maximum Gasteiger partial charge on any atom is 0.185 e. The van der Waals surface area contributed by atoms with Crippen LogP contribution in [-0.4, -0.2) is 18.2 Å².